The number of rotatable bonds is 14. The van der Waals surface area contributed by atoms with Crippen molar-refractivity contribution in [1.82, 2.24) is 0 Å². The molecular formula is C25H36O4Si2. The first-order valence-corrected chi connectivity index (χ1v) is 14.0. The van der Waals surface area contributed by atoms with Gasteiger partial charge in [0.1, 0.15) is 11.5 Å². The van der Waals surface area contributed by atoms with Gasteiger partial charge in [-0.05, 0) is 49.2 Å². The largest absolute Gasteiger partial charge is 0.495 e. The fraction of sp³-hybridized carbons (Fsp3) is 0.360. The van der Waals surface area contributed by atoms with Crippen molar-refractivity contribution in [2.75, 3.05) is 12.5 Å². The average Bonchev–Trinajstić information content (AvgIpc) is 2.79. The summed E-state index contributed by atoms with van der Waals surface area (Å²) in [4.78, 5) is 0. The Hall–Kier alpha value is -2.13. The van der Waals surface area contributed by atoms with Crippen molar-refractivity contribution in [2.45, 2.75) is 45.3 Å². The molecule has 0 aromatic heterocycles. The van der Waals surface area contributed by atoms with Gasteiger partial charge in [-0.25, -0.2) is 0 Å². The van der Waals surface area contributed by atoms with Gasteiger partial charge in [0.2, 0.25) is 19.5 Å². The molecule has 4 nitrogen and oxygen atoms in total. The summed E-state index contributed by atoms with van der Waals surface area (Å²) in [6.07, 6.45) is 5.14. The molecule has 0 fully saturated rings. The molecule has 0 amide bonds. The van der Waals surface area contributed by atoms with Gasteiger partial charge in [-0.1, -0.05) is 50.3 Å². The molecular weight excluding hydrogens is 420 g/mol. The minimum atomic E-state index is -0.702. The SMILES string of the molecule is C=CC(C)O[SiH2]COc1ccc(C(C)(C)c2ccc(OC[SiH2]OC(C)C=C)cc2)cc1. The van der Waals surface area contributed by atoms with Crippen molar-refractivity contribution in [1.29, 1.82) is 0 Å². The Labute approximate surface area is 192 Å². The van der Waals surface area contributed by atoms with Gasteiger partial charge in [0.25, 0.3) is 0 Å². The van der Waals surface area contributed by atoms with Crippen molar-refractivity contribution >= 4 is 19.5 Å². The first-order chi connectivity index (χ1) is 14.9. The highest BCUT2D eigenvalue weighted by molar-refractivity contribution is 6.27. The molecule has 6 heteroatoms. The van der Waals surface area contributed by atoms with Crippen LogP contribution < -0.4 is 9.47 Å². The standard InChI is InChI=1S/C25H36O4Si2/c1-7-19(3)28-30-17-26-23-13-9-21(10-14-23)25(5,6)22-11-15-24(16-12-22)27-18-31-29-20(4)8-2/h7-16,19-20H,1-2,17-18,30-31H2,3-6H3. The highest BCUT2D eigenvalue weighted by Gasteiger charge is 2.23. The average molecular weight is 457 g/mol. The molecule has 0 spiro atoms. The highest BCUT2D eigenvalue weighted by atomic mass is 28.2. The third kappa shape index (κ3) is 8.14. The van der Waals surface area contributed by atoms with Crippen LogP contribution in [-0.2, 0) is 14.3 Å². The third-order valence-corrected chi connectivity index (χ3v) is 7.55. The lowest BCUT2D eigenvalue weighted by Gasteiger charge is -2.26. The lowest BCUT2D eigenvalue weighted by atomic mass is 9.78. The number of hydrogen-bond donors (Lipinski definition) is 0. The van der Waals surface area contributed by atoms with E-state index >= 15 is 0 Å². The van der Waals surface area contributed by atoms with Crippen LogP contribution in [0, 0.1) is 0 Å². The molecule has 2 aromatic rings. The van der Waals surface area contributed by atoms with E-state index in [1.54, 1.807) is 0 Å². The van der Waals surface area contributed by atoms with Crippen molar-refractivity contribution < 1.29 is 18.3 Å². The molecule has 0 saturated heterocycles. The number of ether oxygens (including phenoxy) is 2. The summed E-state index contributed by atoms with van der Waals surface area (Å²) in [5.74, 6) is 1.76. The summed E-state index contributed by atoms with van der Waals surface area (Å²) >= 11 is 0. The van der Waals surface area contributed by atoms with Crippen LogP contribution in [0.2, 0.25) is 0 Å². The quantitative estimate of drug-likeness (QED) is 0.244. The minimum absolute atomic E-state index is 0.103. The molecule has 168 valence electrons. The maximum Gasteiger partial charge on any atom is 0.201 e. The maximum atomic E-state index is 5.83. The van der Waals surface area contributed by atoms with E-state index in [4.69, 9.17) is 18.3 Å². The second-order valence-electron chi connectivity index (χ2n) is 7.99. The predicted molar refractivity (Wildman–Crippen MR) is 135 cm³/mol. The molecule has 0 aliphatic carbocycles. The summed E-state index contributed by atoms with van der Waals surface area (Å²) in [6.45, 7) is 15.9. The summed E-state index contributed by atoms with van der Waals surface area (Å²) in [5.41, 5.74) is 2.36. The van der Waals surface area contributed by atoms with Crippen LogP contribution in [0.3, 0.4) is 0 Å². The molecule has 0 heterocycles. The Morgan fingerprint density at radius 3 is 1.42 bits per heavy atom. The van der Waals surface area contributed by atoms with E-state index in [1.165, 1.54) is 11.1 Å². The zero-order valence-electron chi connectivity index (χ0n) is 19.3. The van der Waals surface area contributed by atoms with Crippen LogP contribution in [0.4, 0.5) is 0 Å². The Bertz CT molecular complexity index is 736. The fourth-order valence-electron chi connectivity index (χ4n) is 3.03. The van der Waals surface area contributed by atoms with Crippen LogP contribution >= 0.6 is 0 Å². The molecule has 0 aliphatic rings. The van der Waals surface area contributed by atoms with Gasteiger partial charge in [0, 0.05) is 5.41 Å². The zero-order valence-corrected chi connectivity index (χ0v) is 22.1. The van der Waals surface area contributed by atoms with Crippen molar-refractivity contribution in [3.63, 3.8) is 0 Å². The number of benzene rings is 2. The van der Waals surface area contributed by atoms with Crippen molar-refractivity contribution in [2.24, 2.45) is 0 Å². The van der Waals surface area contributed by atoms with Gasteiger partial charge >= 0.3 is 0 Å². The van der Waals surface area contributed by atoms with Gasteiger partial charge in [0.15, 0.2) is 0 Å². The fourth-order valence-corrected chi connectivity index (χ4v) is 4.87. The van der Waals surface area contributed by atoms with E-state index in [1.807, 2.05) is 50.3 Å². The lowest BCUT2D eigenvalue weighted by Crippen LogP contribution is -2.19. The predicted octanol–water partition coefficient (Wildman–Crippen LogP) is 4.03. The molecule has 0 radical (unpaired) electrons. The van der Waals surface area contributed by atoms with Crippen LogP contribution in [0.15, 0.2) is 73.8 Å². The molecule has 31 heavy (non-hydrogen) atoms. The molecule has 2 aromatic carbocycles. The van der Waals surface area contributed by atoms with Gasteiger partial charge in [0.05, 0.1) is 24.7 Å². The highest BCUT2D eigenvalue weighted by Crippen LogP contribution is 2.33. The Balaban J connectivity index is 1.88. The smallest absolute Gasteiger partial charge is 0.201 e. The van der Waals surface area contributed by atoms with E-state index in [2.05, 4.69) is 51.3 Å². The van der Waals surface area contributed by atoms with Crippen LogP contribution in [0.25, 0.3) is 0 Å². The molecule has 0 N–H and O–H groups in total. The third-order valence-electron chi connectivity index (χ3n) is 5.28. The van der Waals surface area contributed by atoms with Gasteiger partial charge in [-0.15, -0.1) is 13.2 Å². The zero-order chi connectivity index (χ0) is 22.7. The normalized spacial score (nSPS) is 14.1. The first-order valence-electron chi connectivity index (χ1n) is 10.8. The molecule has 0 bridgehead atoms. The topological polar surface area (TPSA) is 36.9 Å². The van der Waals surface area contributed by atoms with Gasteiger partial charge in [-0.2, -0.15) is 0 Å². The molecule has 2 rings (SSSR count). The van der Waals surface area contributed by atoms with E-state index in [9.17, 15) is 0 Å². The van der Waals surface area contributed by atoms with Crippen LogP contribution in [-0.4, -0.2) is 44.2 Å². The molecule has 2 unspecified atom stereocenters. The van der Waals surface area contributed by atoms with Crippen LogP contribution in [0.1, 0.15) is 38.8 Å². The van der Waals surface area contributed by atoms with Gasteiger partial charge < -0.3 is 18.3 Å². The Kier molecular flexibility index (Phi) is 10.3. The van der Waals surface area contributed by atoms with Crippen molar-refractivity contribution in [3.05, 3.63) is 85.0 Å². The summed E-state index contributed by atoms with van der Waals surface area (Å²) in [7, 11) is -1.40. The first kappa shape index (κ1) is 25.1. The second-order valence-corrected chi connectivity index (χ2v) is 10.3. The van der Waals surface area contributed by atoms with E-state index in [0.717, 1.165) is 11.5 Å². The minimum Gasteiger partial charge on any atom is -0.495 e. The number of hydrogen-bond acceptors (Lipinski definition) is 4. The summed E-state index contributed by atoms with van der Waals surface area (Å²) < 4.78 is 23.0. The van der Waals surface area contributed by atoms with Crippen LogP contribution in [0.5, 0.6) is 11.5 Å². The molecule has 0 saturated carbocycles. The second kappa shape index (κ2) is 12.7. The lowest BCUT2D eigenvalue weighted by molar-refractivity contribution is 0.263. The van der Waals surface area contributed by atoms with E-state index in [0.29, 0.717) is 12.5 Å². The molecule has 2 atom stereocenters. The molecule has 0 aliphatic heterocycles. The van der Waals surface area contributed by atoms with Gasteiger partial charge in [-0.3, -0.25) is 0 Å². The Morgan fingerprint density at radius 2 is 1.10 bits per heavy atom. The maximum absolute atomic E-state index is 5.83. The summed E-state index contributed by atoms with van der Waals surface area (Å²) in [5, 5.41) is 0. The monoisotopic (exact) mass is 456 g/mol. The van der Waals surface area contributed by atoms with E-state index in [-0.39, 0.29) is 17.6 Å². The van der Waals surface area contributed by atoms with E-state index < -0.39 is 19.5 Å². The van der Waals surface area contributed by atoms with Crippen molar-refractivity contribution in [3.8, 4) is 11.5 Å². The Morgan fingerprint density at radius 1 is 0.742 bits per heavy atom. The summed E-state index contributed by atoms with van der Waals surface area (Å²) in [6, 6.07) is 16.7.